The van der Waals surface area contributed by atoms with Crippen molar-refractivity contribution in [3.05, 3.63) is 35.9 Å². The summed E-state index contributed by atoms with van der Waals surface area (Å²) >= 11 is 12.5. The van der Waals surface area contributed by atoms with Gasteiger partial charge < -0.3 is 5.73 Å². The van der Waals surface area contributed by atoms with Crippen LogP contribution in [0, 0.1) is 17.3 Å². The molecule has 2 atom stereocenters. The van der Waals surface area contributed by atoms with Gasteiger partial charge in [0.1, 0.15) is 0 Å². The molecule has 2 unspecified atom stereocenters. The van der Waals surface area contributed by atoms with Gasteiger partial charge in [-0.1, -0.05) is 42.5 Å². The van der Waals surface area contributed by atoms with E-state index in [0.29, 0.717) is 11.8 Å². The summed E-state index contributed by atoms with van der Waals surface area (Å²) in [7, 11) is 0. The minimum absolute atomic E-state index is 0.0470. The van der Waals surface area contributed by atoms with E-state index < -0.39 is 0 Å². The predicted octanol–water partition coefficient (Wildman–Crippen LogP) is 4.42. The number of alkyl halides is 1. The monoisotopic (exact) mass is 319 g/mol. The Morgan fingerprint density at radius 3 is 2.24 bits per heavy atom. The Morgan fingerprint density at radius 2 is 1.71 bits per heavy atom. The first kappa shape index (κ1) is 14.0. The average molecular weight is 320 g/mol. The van der Waals surface area contributed by atoms with Crippen molar-refractivity contribution in [1.82, 2.24) is 0 Å². The fourth-order valence-corrected chi connectivity index (χ4v) is 6.23. The van der Waals surface area contributed by atoms with Gasteiger partial charge in [0.2, 0.25) is 0 Å². The van der Waals surface area contributed by atoms with Gasteiger partial charge in [-0.3, -0.25) is 0 Å². The Balaban J connectivity index is 1.84. The van der Waals surface area contributed by atoms with Gasteiger partial charge in [0.25, 0.3) is 0 Å². The van der Waals surface area contributed by atoms with E-state index in [0.717, 1.165) is 24.3 Å². The van der Waals surface area contributed by atoms with Crippen molar-refractivity contribution in [3.8, 4) is 0 Å². The highest BCUT2D eigenvalue weighted by Crippen LogP contribution is 2.70. The van der Waals surface area contributed by atoms with Crippen molar-refractivity contribution in [2.75, 3.05) is 0 Å². The molecule has 3 heteroatoms. The molecule has 21 heavy (non-hydrogen) atoms. The SMILES string of the molecule is CC1(Cl)C2CC3(C(N)=S)CC1CC(c1ccccc1)(C2)C3. The lowest BCUT2D eigenvalue weighted by molar-refractivity contribution is -0.0610. The van der Waals surface area contributed by atoms with Crippen LogP contribution in [-0.2, 0) is 5.41 Å². The molecule has 112 valence electrons. The number of rotatable bonds is 2. The Hall–Kier alpha value is -0.600. The summed E-state index contributed by atoms with van der Waals surface area (Å²) in [6.45, 7) is 2.24. The fraction of sp³-hybridized carbons (Fsp3) is 0.611. The number of benzene rings is 1. The second-order valence-corrected chi connectivity index (χ2v) is 9.08. The van der Waals surface area contributed by atoms with E-state index >= 15 is 0 Å². The van der Waals surface area contributed by atoms with Crippen LogP contribution in [0.1, 0.15) is 44.6 Å². The second-order valence-electron chi connectivity index (χ2n) is 7.83. The number of halogens is 1. The minimum atomic E-state index is -0.0764. The summed E-state index contributed by atoms with van der Waals surface area (Å²) in [5.74, 6) is 1.06. The topological polar surface area (TPSA) is 26.0 Å². The zero-order valence-electron chi connectivity index (χ0n) is 12.4. The molecule has 1 nitrogen and oxygen atoms in total. The maximum atomic E-state index is 6.96. The number of nitrogens with two attached hydrogens (primary N) is 1. The van der Waals surface area contributed by atoms with Crippen molar-refractivity contribution in [2.45, 2.75) is 49.3 Å². The molecule has 0 heterocycles. The number of hydrogen-bond acceptors (Lipinski definition) is 1. The Bertz CT molecular complexity index is 576. The van der Waals surface area contributed by atoms with Gasteiger partial charge >= 0.3 is 0 Å². The molecule has 1 aromatic rings. The van der Waals surface area contributed by atoms with Gasteiger partial charge in [0, 0.05) is 10.3 Å². The summed E-state index contributed by atoms with van der Waals surface area (Å²) < 4.78 is 0. The Labute approximate surface area is 137 Å². The highest BCUT2D eigenvalue weighted by molar-refractivity contribution is 7.80. The fourth-order valence-electron chi connectivity index (χ4n) is 5.68. The van der Waals surface area contributed by atoms with E-state index in [1.807, 2.05) is 0 Å². The largest absolute Gasteiger partial charge is 0.393 e. The molecule has 0 aliphatic heterocycles. The molecular weight excluding hydrogens is 298 g/mol. The van der Waals surface area contributed by atoms with Crippen LogP contribution in [0.15, 0.2) is 30.3 Å². The molecule has 1 aromatic carbocycles. The third-order valence-corrected chi connectivity index (χ3v) is 7.78. The number of thiocarbonyl (C=S) groups is 1. The van der Waals surface area contributed by atoms with Crippen molar-refractivity contribution in [1.29, 1.82) is 0 Å². The van der Waals surface area contributed by atoms with Crippen LogP contribution >= 0.6 is 23.8 Å². The summed E-state index contributed by atoms with van der Waals surface area (Å²) in [4.78, 5) is 0.650. The van der Waals surface area contributed by atoms with E-state index in [4.69, 9.17) is 29.6 Å². The normalized spacial score (nSPS) is 47.5. The smallest absolute Gasteiger partial charge is 0.0790 e. The molecule has 2 N–H and O–H groups in total. The molecule has 0 radical (unpaired) electrons. The number of hydrogen-bond donors (Lipinski definition) is 1. The van der Waals surface area contributed by atoms with E-state index in [1.165, 1.54) is 18.4 Å². The second kappa shape index (κ2) is 4.23. The highest BCUT2D eigenvalue weighted by atomic mass is 35.5. The lowest BCUT2D eigenvalue weighted by Gasteiger charge is -2.67. The van der Waals surface area contributed by atoms with Crippen LogP contribution in [0.25, 0.3) is 0 Å². The van der Waals surface area contributed by atoms with Crippen LogP contribution < -0.4 is 5.73 Å². The quantitative estimate of drug-likeness (QED) is 0.645. The Morgan fingerprint density at radius 1 is 1.14 bits per heavy atom. The van der Waals surface area contributed by atoms with Crippen LogP contribution in [0.2, 0.25) is 0 Å². The maximum absolute atomic E-state index is 6.96. The van der Waals surface area contributed by atoms with E-state index in [9.17, 15) is 0 Å². The van der Waals surface area contributed by atoms with Crippen LogP contribution in [0.3, 0.4) is 0 Å². The summed E-state index contributed by atoms with van der Waals surface area (Å²) in [5, 5.41) is 0. The molecule has 4 aliphatic rings. The van der Waals surface area contributed by atoms with Crippen molar-refractivity contribution in [2.24, 2.45) is 23.0 Å². The molecule has 0 saturated heterocycles. The highest BCUT2D eigenvalue weighted by Gasteiger charge is 2.65. The summed E-state index contributed by atoms with van der Waals surface area (Å²) in [6, 6.07) is 11.0. The first-order valence-corrected chi connectivity index (χ1v) is 8.71. The lowest BCUT2D eigenvalue weighted by atomic mass is 9.40. The zero-order valence-corrected chi connectivity index (χ0v) is 14.0. The van der Waals surface area contributed by atoms with E-state index in [-0.39, 0.29) is 15.7 Å². The molecule has 4 bridgehead atoms. The average Bonchev–Trinajstić information content (AvgIpc) is 2.45. The van der Waals surface area contributed by atoms with Gasteiger partial charge in [-0.15, -0.1) is 11.6 Å². The predicted molar refractivity (Wildman–Crippen MR) is 91.7 cm³/mol. The van der Waals surface area contributed by atoms with Gasteiger partial charge in [-0.2, -0.15) is 0 Å². The maximum Gasteiger partial charge on any atom is 0.0790 e. The molecule has 0 amide bonds. The molecular formula is C18H22ClNS. The minimum Gasteiger partial charge on any atom is -0.393 e. The van der Waals surface area contributed by atoms with Crippen molar-refractivity contribution >= 4 is 28.8 Å². The third kappa shape index (κ3) is 1.78. The van der Waals surface area contributed by atoms with Gasteiger partial charge in [-0.05, 0) is 61.8 Å². The lowest BCUT2D eigenvalue weighted by Crippen LogP contribution is -2.65. The van der Waals surface area contributed by atoms with E-state index in [2.05, 4.69) is 37.3 Å². The van der Waals surface area contributed by atoms with Crippen LogP contribution in [-0.4, -0.2) is 9.86 Å². The summed E-state index contributed by atoms with van der Waals surface area (Å²) in [5.41, 5.74) is 7.96. The molecule has 5 rings (SSSR count). The molecule has 0 aromatic heterocycles. The molecule has 4 aliphatic carbocycles. The molecule has 4 fully saturated rings. The van der Waals surface area contributed by atoms with Gasteiger partial charge in [-0.25, -0.2) is 0 Å². The molecule has 0 spiro atoms. The van der Waals surface area contributed by atoms with Crippen LogP contribution in [0.4, 0.5) is 0 Å². The standard InChI is InChI=1S/C18H22ClNS/c1-16(19)13-7-17(12-5-3-2-4-6-12)8-14(16)10-18(9-13,11-17)15(20)21/h2-6,13-14H,7-11H2,1H3,(H2,20,21). The zero-order chi connectivity index (χ0) is 14.9. The van der Waals surface area contributed by atoms with Gasteiger partial charge in [0.15, 0.2) is 0 Å². The molecule has 4 saturated carbocycles. The summed E-state index contributed by atoms with van der Waals surface area (Å²) in [6.07, 6.45) is 5.69. The van der Waals surface area contributed by atoms with Crippen molar-refractivity contribution in [3.63, 3.8) is 0 Å². The first-order chi connectivity index (χ1) is 9.88. The van der Waals surface area contributed by atoms with Gasteiger partial charge in [0.05, 0.1) is 4.99 Å². The van der Waals surface area contributed by atoms with Crippen LogP contribution in [0.5, 0.6) is 0 Å². The first-order valence-electron chi connectivity index (χ1n) is 7.92. The third-order valence-electron chi connectivity index (χ3n) is 6.73. The van der Waals surface area contributed by atoms with Crippen molar-refractivity contribution < 1.29 is 0 Å². The Kier molecular flexibility index (Phi) is 2.83. The van der Waals surface area contributed by atoms with E-state index in [1.54, 1.807) is 0 Å².